The lowest BCUT2D eigenvalue weighted by Crippen LogP contribution is -2.38. The highest BCUT2D eigenvalue weighted by atomic mass is 32.2. The van der Waals surface area contributed by atoms with E-state index in [0.717, 1.165) is 26.4 Å². The molecule has 3 nitrogen and oxygen atoms in total. The van der Waals surface area contributed by atoms with E-state index in [9.17, 15) is 4.79 Å². The van der Waals surface area contributed by atoms with Crippen LogP contribution in [-0.2, 0) is 0 Å². The van der Waals surface area contributed by atoms with E-state index in [1.54, 1.807) is 6.20 Å². The lowest BCUT2D eigenvalue weighted by atomic mass is 10.2. The molecule has 180 valence electrons. The van der Waals surface area contributed by atoms with Gasteiger partial charge in [0.1, 0.15) is 20.9 Å². The first-order valence-corrected chi connectivity index (χ1v) is 14.7. The molecule has 1 amide bonds. The van der Waals surface area contributed by atoms with Crippen molar-refractivity contribution in [1.82, 2.24) is 10.3 Å². The summed E-state index contributed by atoms with van der Waals surface area (Å²) in [6, 6.07) is 46.7. The minimum atomic E-state index is -2.49. The van der Waals surface area contributed by atoms with Gasteiger partial charge >= 0.3 is 0 Å². The molecule has 1 aromatic heterocycles. The Bertz CT molecular complexity index is 1370. The Morgan fingerprint density at radius 3 is 1.54 bits per heavy atom. The smallest absolute Gasteiger partial charge is 0.258 e. The first kappa shape index (κ1) is 24.7. The number of benzene rings is 4. The summed E-state index contributed by atoms with van der Waals surface area (Å²) >= 11 is 1.52. The average Bonchev–Trinajstić information content (AvgIpc) is 2.99. The molecule has 0 aliphatic heterocycles. The van der Waals surface area contributed by atoms with Crippen LogP contribution in [0.15, 0.2) is 162 Å². The van der Waals surface area contributed by atoms with Gasteiger partial charge in [-0.1, -0.05) is 90.6 Å². The Morgan fingerprint density at radius 1 is 0.622 bits per heavy atom. The molecular formula is C32H26N2OPS+. The minimum absolute atomic E-state index is 0.138. The van der Waals surface area contributed by atoms with Crippen molar-refractivity contribution in [3.05, 3.63) is 162 Å². The number of nitrogens with zero attached hydrogens (tertiary/aromatic N) is 1. The number of hydrogen-bond acceptors (Lipinski definition) is 3. The van der Waals surface area contributed by atoms with E-state index in [0.29, 0.717) is 5.56 Å². The van der Waals surface area contributed by atoms with Gasteiger partial charge in [-0.25, -0.2) is 4.98 Å². The molecule has 0 fully saturated rings. The molecule has 5 rings (SSSR count). The van der Waals surface area contributed by atoms with Gasteiger partial charge in [0.05, 0.1) is 0 Å². The molecule has 0 spiro atoms. The van der Waals surface area contributed by atoms with Gasteiger partial charge in [-0.3, -0.25) is 10.1 Å². The maximum atomic E-state index is 13.6. The van der Waals surface area contributed by atoms with Crippen LogP contribution in [0.1, 0.15) is 10.4 Å². The van der Waals surface area contributed by atoms with Crippen LogP contribution in [0, 0.1) is 0 Å². The molecule has 1 N–H and O–H groups in total. The molecule has 5 aromatic rings. The van der Waals surface area contributed by atoms with E-state index in [4.69, 9.17) is 0 Å². The highest BCUT2D eigenvalue weighted by Gasteiger charge is 2.50. The largest absolute Gasteiger partial charge is 0.291 e. The van der Waals surface area contributed by atoms with Crippen LogP contribution in [0.2, 0.25) is 0 Å². The molecule has 0 saturated heterocycles. The van der Waals surface area contributed by atoms with Crippen molar-refractivity contribution in [1.29, 1.82) is 0 Å². The number of hydrogen-bond donors (Lipinski definition) is 1. The van der Waals surface area contributed by atoms with Crippen molar-refractivity contribution in [2.45, 2.75) is 5.03 Å². The number of carbonyl (C=O) groups is 1. The van der Waals surface area contributed by atoms with Crippen molar-refractivity contribution >= 4 is 40.8 Å². The van der Waals surface area contributed by atoms with Gasteiger partial charge in [0.25, 0.3) is 5.91 Å². The fourth-order valence-corrected chi connectivity index (χ4v) is 9.54. The number of thioether (sulfide) groups is 1. The fraction of sp³-hybridized carbons (Fsp3) is 0. The Labute approximate surface area is 222 Å². The third-order valence-electron chi connectivity index (χ3n) is 6.00. The highest BCUT2D eigenvalue weighted by molar-refractivity contribution is 8.04. The van der Waals surface area contributed by atoms with Crippen LogP contribution in [0.5, 0.6) is 0 Å². The molecule has 4 aromatic carbocycles. The standard InChI is InChI=1S/C32H25N2OPS/c35-32(26-15-5-1-6-16-26)34-30(25-37-31-23-13-14-24-33-31)36(27-17-7-2-8-18-27,28-19-9-3-10-20-28)29-21-11-4-12-22-29/h1-25H/p+1/b30-25-. The number of rotatable bonds is 8. The average molecular weight is 518 g/mol. The number of amides is 1. The molecule has 0 saturated carbocycles. The van der Waals surface area contributed by atoms with Gasteiger partial charge in [-0.05, 0) is 60.7 Å². The second kappa shape index (κ2) is 11.8. The Kier molecular flexibility index (Phi) is 7.90. The zero-order valence-electron chi connectivity index (χ0n) is 20.1. The van der Waals surface area contributed by atoms with Crippen LogP contribution in [0.4, 0.5) is 0 Å². The number of nitrogens with one attached hydrogen (secondary N) is 1. The quantitative estimate of drug-likeness (QED) is 0.191. The van der Waals surface area contributed by atoms with Crippen molar-refractivity contribution in [2.24, 2.45) is 0 Å². The van der Waals surface area contributed by atoms with Crippen molar-refractivity contribution in [2.75, 3.05) is 0 Å². The lowest BCUT2D eigenvalue weighted by Gasteiger charge is -2.29. The zero-order chi connectivity index (χ0) is 25.3. The minimum Gasteiger partial charge on any atom is -0.291 e. The third-order valence-corrected chi connectivity index (χ3v) is 11.2. The van der Waals surface area contributed by atoms with E-state index >= 15 is 0 Å². The molecule has 0 atom stereocenters. The molecule has 37 heavy (non-hydrogen) atoms. The van der Waals surface area contributed by atoms with Crippen molar-refractivity contribution in [3.63, 3.8) is 0 Å². The number of aromatic nitrogens is 1. The van der Waals surface area contributed by atoms with Crippen LogP contribution in [0.25, 0.3) is 0 Å². The zero-order valence-corrected chi connectivity index (χ0v) is 21.9. The van der Waals surface area contributed by atoms with Crippen LogP contribution in [-0.4, -0.2) is 10.9 Å². The van der Waals surface area contributed by atoms with Crippen molar-refractivity contribution in [3.8, 4) is 0 Å². The van der Waals surface area contributed by atoms with Gasteiger partial charge < -0.3 is 0 Å². The first-order chi connectivity index (χ1) is 18.3. The molecule has 0 radical (unpaired) electrons. The maximum Gasteiger partial charge on any atom is 0.258 e. The normalized spacial score (nSPS) is 11.6. The first-order valence-electron chi connectivity index (χ1n) is 12.0. The Morgan fingerprint density at radius 2 is 1.08 bits per heavy atom. The van der Waals surface area contributed by atoms with E-state index in [2.05, 4.69) is 88.5 Å². The van der Waals surface area contributed by atoms with Crippen LogP contribution >= 0.6 is 19.0 Å². The Hall–Kier alpha value is -3.98. The predicted octanol–water partition coefficient (Wildman–Crippen LogP) is 6.40. The SMILES string of the molecule is O=C(N/C(=C/Sc1ccccn1)[P+](c1ccccc1)(c1ccccc1)c1ccccc1)c1ccccc1. The predicted molar refractivity (Wildman–Crippen MR) is 157 cm³/mol. The van der Waals surface area contributed by atoms with Gasteiger partial charge in [-0.15, -0.1) is 0 Å². The number of pyridine rings is 1. The third kappa shape index (κ3) is 5.41. The Balaban J connectivity index is 1.77. The van der Waals surface area contributed by atoms with E-state index in [1.807, 2.05) is 66.7 Å². The van der Waals surface area contributed by atoms with Crippen LogP contribution < -0.4 is 21.2 Å². The molecule has 1 heterocycles. The summed E-state index contributed by atoms with van der Waals surface area (Å²) in [5.74, 6) is -0.138. The van der Waals surface area contributed by atoms with E-state index in [1.165, 1.54) is 11.8 Å². The van der Waals surface area contributed by atoms with E-state index in [-0.39, 0.29) is 5.91 Å². The van der Waals surface area contributed by atoms with Crippen LogP contribution in [0.3, 0.4) is 0 Å². The summed E-state index contributed by atoms with van der Waals surface area (Å²) in [6.07, 6.45) is 1.78. The van der Waals surface area contributed by atoms with Crippen molar-refractivity contribution < 1.29 is 4.79 Å². The molecule has 5 heteroatoms. The summed E-state index contributed by atoms with van der Waals surface area (Å²) in [6.45, 7) is 0. The summed E-state index contributed by atoms with van der Waals surface area (Å²) in [7, 11) is -2.49. The van der Waals surface area contributed by atoms with Gasteiger partial charge in [0, 0.05) is 17.2 Å². The summed E-state index contributed by atoms with van der Waals surface area (Å²) in [5, 5.41) is 9.78. The topological polar surface area (TPSA) is 42.0 Å². The maximum absolute atomic E-state index is 13.6. The number of carbonyl (C=O) groups excluding carboxylic acids is 1. The molecule has 0 aliphatic rings. The summed E-state index contributed by atoms with van der Waals surface area (Å²) < 4.78 is 0. The second-order valence-electron chi connectivity index (χ2n) is 8.29. The summed E-state index contributed by atoms with van der Waals surface area (Å²) in [4.78, 5) is 18.2. The second-order valence-corrected chi connectivity index (χ2v) is 12.5. The fourth-order valence-electron chi connectivity index (χ4n) is 4.32. The van der Waals surface area contributed by atoms with Gasteiger partial charge in [0.15, 0.2) is 12.7 Å². The molecule has 0 unspecified atom stereocenters. The molecular weight excluding hydrogens is 491 g/mol. The summed E-state index contributed by atoms with van der Waals surface area (Å²) in [5.41, 5.74) is 1.48. The van der Waals surface area contributed by atoms with Gasteiger partial charge in [-0.2, -0.15) is 0 Å². The molecule has 0 bridgehead atoms. The molecule has 0 aliphatic carbocycles. The highest BCUT2D eigenvalue weighted by Crippen LogP contribution is 2.62. The van der Waals surface area contributed by atoms with Gasteiger partial charge in [0.2, 0.25) is 0 Å². The van der Waals surface area contributed by atoms with E-state index < -0.39 is 7.26 Å². The monoisotopic (exact) mass is 517 g/mol. The lowest BCUT2D eigenvalue weighted by molar-refractivity contribution is 0.0968.